The molecular weight excluding hydrogens is 232 g/mol. The maximum absolute atomic E-state index is 3.69. The van der Waals surface area contributed by atoms with Crippen LogP contribution in [0, 0.1) is 11.8 Å². The first-order valence-corrected chi connectivity index (χ1v) is 8.52. The first-order chi connectivity index (χ1) is 9.06. The standard InChI is InChI=1S/C17H36N2/c1-6-16-10-8-7-9-11-19(16)17(15(4)5)13-18-12-14(2)3/h14-18H,6-13H2,1-5H3. The van der Waals surface area contributed by atoms with Crippen molar-refractivity contribution < 1.29 is 0 Å². The summed E-state index contributed by atoms with van der Waals surface area (Å²) in [5.74, 6) is 1.49. The molecule has 0 radical (unpaired) electrons. The lowest BCUT2D eigenvalue weighted by atomic mass is 9.98. The van der Waals surface area contributed by atoms with E-state index in [9.17, 15) is 0 Å². The minimum absolute atomic E-state index is 0.710. The summed E-state index contributed by atoms with van der Waals surface area (Å²) in [6.07, 6.45) is 6.97. The van der Waals surface area contributed by atoms with E-state index in [2.05, 4.69) is 44.8 Å². The van der Waals surface area contributed by atoms with Crippen LogP contribution < -0.4 is 5.32 Å². The summed E-state index contributed by atoms with van der Waals surface area (Å²) in [4.78, 5) is 2.82. The van der Waals surface area contributed by atoms with Gasteiger partial charge in [0.25, 0.3) is 0 Å². The fourth-order valence-electron chi connectivity index (χ4n) is 3.33. The Morgan fingerprint density at radius 3 is 2.37 bits per heavy atom. The Hall–Kier alpha value is -0.0800. The van der Waals surface area contributed by atoms with Crippen LogP contribution in [0.1, 0.15) is 66.7 Å². The van der Waals surface area contributed by atoms with Gasteiger partial charge in [-0.3, -0.25) is 4.90 Å². The molecule has 0 aromatic carbocycles. The van der Waals surface area contributed by atoms with Crippen LogP contribution in [0.25, 0.3) is 0 Å². The van der Waals surface area contributed by atoms with Gasteiger partial charge in [0.1, 0.15) is 0 Å². The van der Waals surface area contributed by atoms with Gasteiger partial charge >= 0.3 is 0 Å². The van der Waals surface area contributed by atoms with Crippen molar-refractivity contribution in [3.8, 4) is 0 Å². The van der Waals surface area contributed by atoms with Gasteiger partial charge in [-0.15, -0.1) is 0 Å². The third-order valence-electron chi connectivity index (χ3n) is 4.50. The molecule has 0 saturated carbocycles. The van der Waals surface area contributed by atoms with Crippen LogP contribution in [0.3, 0.4) is 0 Å². The second-order valence-corrected chi connectivity index (χ2v) is 7.01. The molecule has 19 heavy (non-hydrogen) atoms. The highest BCUT2D eigenvalue weighted by molar-refractivity contribution is 4.84. The van der Waals surface area contributed by atoms with Crippen LogP contribution in [0.15, 0.2) is 0 Å². The molecule has 2 atom stereocenters. The van der Waals surface area contributed by atoms with E-state index in [1.165, 1.54) is 38.6 Å². The summed E-state index contributed by atoms with van der Waals surface area (Å²) in [5.41, 5.74) is 0. The van der Waals surface area contributed by atoms with E-state index < -0.39 is 0 Å². The number of rotatable bonds is 7. The fraction of sp³-hybridized carbons (Fsp3) is 1.00. The van der Waals surface area contributed by atoms with Crippen molar-refractivity contribution in [2.75, 3.05) is 19.6 Å². The summed E-state index contributed by atoms with van der Waals surface area (Å²) in [6, 6.07) is 1.53. The molecule has 2 nitrogen and oxygen atoms in total. The van der Waals surface area contributed by atoms with Crippen LogP contribution in [0.2, 0.25) is 0 Å². The van der Waals surface area contributed by atoms with Gasteiger partial charge in [-0.1, -0.05) is 47.5 Å². The average molecular weight is 268 g/mol. The molecule has 0 aromatic heterocycles. The molecule has 0 aliphatic carbocycles. The van der Waals surface area contributed by atoms with E-state index >= 15 is 0 Å². The molecule has 2 unspecified atom stereocenters. The Bertz CT molecular complexity index is 225. The minimum atomic E-state index is 0.710. The summed E-state index contributed by atoms with van der Waals surface area (Å²) in [6.45, 7) is 15.3. The lowest BCUT2D eigenvalue weighted by Crippen LogP contribution is -2.50. The molecule has 114 valence electrons. The van der Waals surface area contributed by atoms with Gasteiger partial charge in [-0.05, 0) is 44.2 Å². The Balaban J connectivity index is 2.60. The number of hydrogen-bond acceptors (Lipinski definition) is 2. The number of nitrogens with zero attached hydrogens (tertiary/aromatic N) is 1. The lowest BCUT2D eigenvalue weighted by molar-refractivity contribution is 0.0987. The SMILES string of the molecule is CCC1CCCCCN1C(CNCC(C)C)C(C)C. The normalized spacial score (nSPS) is 23.8. The number of likely N-dealkylation sites (tertiary alicyclic amines) is 1. The van der Waals surface area contributed by atoms with E-state index in [1.807, 2.05) is 0 Å². The van der Waals surface area contributed by atoms with E-state index in [0.29, 0.717) is 6.04 Å². The quantitative estimate of drug-likeness (QED) is 0.753. The van der Waals surface area contributed by atoms with E-state index in [1.54, 1.807) is 0 Å². The largest absolute Gasteiger partial charge is 0.315 e. The van der Waals surface area contributed by atoms with Crippen molar-refractivity contribution in [2.24, 2.45) is 11.8 Å². The van der Waals surface area contributed by atoms with Gasteiger partial charge in [-0.25, -0.2) is 0 Å². The Labute approximate surface area is 121 Å². The maximum atomic E-state index is 3.69. The van der Waals surface area contributed by atoms with Crippen LogP contribution in [0.4, 0.5) is 0 Å². The molecule has 0 aromatic rings. The molecule has 1 rings (SSSR count). The zero-order valence-electron chi connectivity index (χ0n) is 13.9. The highest BCUT2D eigenvalue weighted by atomic mass is 15.2. The predicted molar refractivity (Wildman–Crippen MR) is 85.6 cm³/mol. The Morgan fingerprint density at radius 2 is 1.79 bits per heavy atom. The highest BCUT2D eigenvalue weighted by Gasteiger charge is 2.28. The molecule has 0 bridgehead atoms. The molecule has 1 aliphatic rings. The molecule has 1 saturated heterocycles. The molecule has 1 heterocycles. The third-order valence-corrected chi connectivity index (χ3v) is 4.50. The van der Waals surface area contributed by atoms with Crippen molar-refractivity contribution >= 4 is 0 Å². The van der Waals surface area contributed by atoms with Crippen molar-refractivity contribution in [2.45, 2.75) is 78.8 Å². The third kappa shape index (κ3) is 5.83. The van der Waals surface area contributed by atoms with Crippen LogP contribution in [0.5, 0.6) is 0 Å². The van der Waals surface area contributed by atoms with Crippen LogP contribution >= 0.6 is 0 Å². The zero-order valence-corrected chi connectivity index (χ0v) is 13.9. The lowest BCUT2D eigenvalue weighted by Gasteiger charge is -2.39. The van der Waals surface area contributed by atoms with E-state index in [4.69, 9.17) is 0 Å². The van der Waals surface area contributed by atoms with Crippen molar-refractivity contribution in [1.82, 2.24) is 10.2 Å². The molecule has 0 amide bonds. The van der Waals surface area contributed by atoms with Crippen molar-refractivity contribution in [1.29, 1.82) is 0 Å². The second-order valence-electron chi connectivity index (χ2n) is 7.01. The molecule has 0 spiro atoms. The summed E-state index contributed by atoms with van der Waals surface area (Å²) in [5, 5.41) is 3.69. The van der Waals surface area contributed by atoms with Gasteiger partial charge in [0.05, 0.1) is 0 Å². The first kappa shape index (κ1) is 17.0. The van der Waals surface area contributed by atoms with Gasteiger partial charge in [0.2, 0.25) is 0 Å². The number of hydrogen-bond donors (Lipinski definition) is 1. The summed E-state index contributed by atoms with van der Waals surface area (Å²) in [7, 11) is 0. The highest BCUT2D eigenvalue weighted by Crippen LogP contribution is 2.24. The molecule has 1 aliphatic heterocycles. The Kier molecular flexibility index (Phi) is 8.01. The van der Waals surface area contributed by atoms with Crippen LogP contribution in [-0.2, 0) is 0 Å². The van der Waals surface area contributed by atoms with Gasteiger partial charge < -0.3 is 5.32 Å². The molecule has 2 heteroatoms. The number of nitrogens with one attached hydrogen (secondary N) is 1. The van der Waals surface area contributed by atoms with Crippen molar-refractivity contribution in [3.05, 3.63) is 0 Å². The maximum Gasteiger partial charge on any atom is 0.0246 e. The van der Waals surface area contributed by atoms with E-state index in [0.717, 1.165) is 31.0 Å². The molecule has 1 N–H and O–H groups in total. The summed E-state index contributed by atoms with van der Waals surface area (Å²) >= 11 is 0. The smallest absolute Gasteiger partial charge is 0.0246 e. The van der Waals surface area contributed by atoms with Crippen LogP contribution in [-0.4, -0.2) is 36.6 Å². The fourth-order valence-corrected chi connectivity index (χ4v) is 3.33. The van der Waals surface area contributed by atoms with E-state index in [-0.39, 0.29) is 0 Å². The average Bonchev–Trinajstić information content (AvgIpc) is 2.58. The predicted octanol–water partition coefficient (Wildman–Crippen LogP) is 3.91. The van der Waals surface area contributed by atoms with Gasteiger partial charge in [0.15, 0.2) is 0 Å². The molecule has 1 fully saturated rings. The Morgan fingerprint density at radius 1 is 1.05 bits per heavy atom. The van der Waals surface area contributed by atoms with Gasteiger partial charge in [0, 0.05) is 18.6 Å². The monoisotopic (exact) mass is 268 g/mol. The summed E-state index contributed by atoms with van der Waals surface area (Å²) < 4.78 is 0. The topological polar surface area (TPSA) is 15.3 Å². The minimum Gasteiger partial charge on any atom is -0.315 e. The second kappa shape index (κ2) is 8.97. The first-order valence-electron chi connectivity index (χ1n) is 8.52. The zero-order chi connectivity index (χ0) is 14.3. The molecular formula is C17H36N2. The van der Waals surface area contributed by atoms with Gasteiger partial charge in [-0.2, -0.15) is 0 Å². The van der Waals surface area contributed by atoms with Crippen molar-refractivity contribution in [3.63, 3.8) is 0 Å².